The molecule has 1 aliphatic carbocycles. The van der Waals surface area contributed by atoms with Crippen LogP contribution >= 0.6 is 0 Å². The first-order valence-corrected chi connectivity index (χ1v) is 10.9. The van der Waals surface area contributed by atoms with Gasteiger partial charge < -0.3 is 5.73 Å². The number of hydrogen-bond acceptors (Lipinski definition) is 4. The minimum Gasteiger partial charge on any atom is -0.383 e. The van der Waals surface area contributed by atoms with Gasteiger partial charge in [0.2, 0.25) is 5.92 Å². The van der Waals surface area contributed by atoms with Crippen molar-refractivity contribution in [1.29, 1.82) is 0 Å². The van der Waals surface area contributed by atoms with Crippen molar-refractivity contribution in [3.05, 3.63) is 52.6 Å². The third-order valence-corrected chi connectivity index (χ3v) is 7.59. The average molecular weight is 404 g/mol. The highest BCUT2D eigenvalue weighted by molar-refractivity contribution is 7.91. The Bertz CT molecular complexity index is 1100. The SMILES string of the molecule is Cc1cc(S(=O)(=O)CC2CC(F)(F)C2)ccc1-c1ccc2c(c1C)C(N)=NC2. The molecule has 0 amide bonds. The standard InChI is InChI=1S/C21H22F2N2O2S/c1-12-7-16(28(26,27)11-14-8-21(22,23)9-14)4-6-17(12)18-5-3-15-10-25-20(24)19(15)13(18)2/h3-7,14H,8-11H2,1-2H3,(H2,24,25). The summed E-state index contributed by atoms with van der Waals surface area (Å²) in [7, 11) is -3.59. The fraction of sp³-hybridized carbons (Fsp3) is 0.381. The number of amidine groups is 1. The van der Waals surface area contributed by atoms with Crippen molar-refractivity contribution in [3.63, 3.8) is 0 Å². The van der Waals surface area contributed by atoms with Crippen molar-refractivity contribution in [3.8, 4) is 11.1 Å². The summed E-state index contributed by atoms with van der Waals surface area (Å²) in [6.07, 6.45) is -0.693. The maximum Gasteiger partial charge on any atom is 0.248 e. The van der Waals surface area contributed by atoms with Crippen molar-refractivity contribution >= 4 is 15.7 Å². The smallest absolute Gasteiger partial charge is 0.248 e. The Labute approximate surface area is 163 Å². The normalized spacial score (nSPS) is 18.5. The Kier molecular flexibility index (Phi) is 4.34. The van der Waals surface area contributed by atoms with Gasteiger partial charge in [0.1, 0.15) is 5.84 Å². The van der Waals surface area contributed by atoms with Crippen LogP contribution in [0.25, 0.3) is 11.1 Å². The number of fused-ring (bicyclic) bond motifs is 1. The third kappa shape index (κ3) is 3.21. The van der Waals surface area contributed by atoms with Crippen LogP contribution in [0, 0.1) is 19.8 Å². The largest absolute Gasteiger partial charge is 0.383 e. The lowest BCUT2D eigenvalue weighted by atomic mass is 9.83. The van der Waals surface area contributed by atoms with Gasteiger partial charge in [-0.2, -0.15) is 0 Å². The molecule has 0 radical (unpaired) electrons. The van der Waals surface area contributed by atoms with Crippen LogP contribution in [0.4, 0.5) is 8.78 Å². The highest BCUT2D eigenvalue weighted by Gasteiger charge is 2.46. The highest BCUT2D eigenvalue weighted by Crippen LogP contribution is 2.43. The second-order valence-electron chi connectivity index (χ2n) is 7.86. The number of nitrogens with two attached hydrogens (primary N) is 1. The van der Waals surface area contributed by atoms with Crippen LogP contribution < -0.4 is 5.73 Å². The van der Waals surface area contributed by atoms with Gasteiger partial charge >= 0.3 is 0 Å². The Morgan fingerprint density at radius 1 is 1.14 bits per heavy atom. The number of nitrogens with zero attached hydrogens (tertiary/aromatic N) is 1. The molecule has 2 aromatic carbocycles. The van der Waals surface area contributed by atoms with Gasteiger partial charge in [-0.25, -0.2) is 17.2 Å². The van der Waals surface area contributed by atoms with Crippen molar-refractivity contribution in [2.75, 3.05) is 5.75 Å². The summed E-state index contributed by atoms with van der Waals surface area (Å²) in [5.41, 5.74) is 11.8. The maximum absolute atomic E-state index is 13.0. The molecule has 0 spiro atoms. The maximum atomic E-state index is 13.0. The second-order valence-corrected chi connectivity index (χ2v) is 9.90. The van der Waals surface area contributed by atoms with Gasteiger partial charge in [-0.05, 0) is 59.7 Å². The molecular formula is C21H22F2N2O2S. The Morgan fingerprint density at radius 3 is 2.46 bits per heavy atom. The average Bonchev–Trinajstić information content (AvgIpc) is 2.95. The lowest BCUT2D eigenvalue weighted by molar-refractivity contribution is -0.103. The fourth-order valence-electron chi connectivity index (χ4n) is 4.24. The number of aryl methyl sites for hydroxylation is 1. The van der Waals surface area contributed by atoms with E-state index in [1.165, 1.54) is 0 Å². The molecule has 2 aliphatic rings. The number of sulfone groups is 1. The molecule has 28 heavy (non-hydrogen) atoms. The van der Waals surface area contributed by atoms with Gasteiger partial charge in [0, 0.05) is 18.4 Å². The Balaban J connectivity index is 1.64. The number of benzene rings is 2. The Morgan fingerprint density at radius 2 is 1.82 bits per heavy atom. The minimum atomic E-state index is -3.59. The van der Waals surface area contributed by atoms with Crippen LogP contribution in [0.1, 0.15) is 35.1 Å². The summed E-state index contributed by atoms with van der Waals surface area (Å²) in [4.78, 5) is 4.47. The van der Waals surface area contributed by atoms with Crippen LogP contribution in [-0.4, -0.2) is 25.9 Å². The van der Waals surface area contributed by atoms with E-state index in [0.717, 1.165) is 33.4 Å². The summed E-state index contributed by atoms with van der Waals surface area (Å²) in [6.45, 7) is 4.43. The molecule has 7 heteroatoms. The lowest BCUT2D eigenvalue weighted by Gasteiger charge is -2.34. The van der Waals surface area contributed by atoms with E-state index in [0.29, 0.717) is 12.4 Å². The molecule has 0 saturated heterocycles. The number of hydrogen-bond donors (Lipinski definition) is 1. The van der Waals surface area contributed by atoms with Gasteiger partial charge in [0.25, 0.3) is 0 Å². The van der Waals surface area contributed by atoms with E-state index in [4.69, 9.17) is 5.73 Å². The molecule has 1 heterocycles. The molecule has 0 aromatic heterocycles. The molecular weight excluding hydrogens is 382 g/mol. The summed E-state index contributed by atoms with van der Waals surface area (Å²) >= 11 is 0. The zero-order valence-electron chi connectivity index (χ0n) is 15.8. The molecule has 1 fully saturated rings. The van der Waals surface area contributed by atoms with Crippen LogP contribution in [0.15, 0.2) is 40.2 Å². The zero-order chi connectivity index (χ0) is 20.3. The van der Waals surface area contributed by atoms with E-state index < -0.39 is 21.7 Å². The fourth-order valence-corrected chi connectivity index (χ4v) is 5.92. The van der Waals surface area contributed by atoms with E-state index >= 15 is 0 Å². The first-order valence-electron chi connectivity index (χ1n) is 9.22. The minimum absolute atomic E-state index is 0.184. The molecule has 2 N–H and O–H groups in total. The van der Waals surface area contributed by atoms with Crippen LogP contribution in [0.5, 0.6) is 0 Å². The van der Waals surface area contributed by atoms with Gasteiger partial charge in [-0.3, -0.25) is 4.99 Å². The highest BCUT2D eigenvalue weighted by atomic mass is 32.2. The third-order valence-electron chi connectivity index (χ3n) is 5.70. The second kappa shape index (κ2) is 6.37. The molecule has 0 unspecified atom stereocenters. The molecule has 4 rings (SSSR count). The van der Waals surface area contributed by atoms with E-state index in [-0.39, 0.29) is 23.5 Å². The molecule has 4 nitrogen and oxygen atoms in total. The molecule has 1 saturated carbocycles. The van der Waals surface area contributed by atoms with Crippen LogP contribution in [0.3, 0.4) is 0 Å². The van der Waals surface area contributed by atoms with Gasteiger partial charge in [-0.15, -0.1) is 0 Å². The quantitative estimate of drug-likeness (QED) is 0.837. The molecule has 0 bridgehead atoms. The molecule has 1 aliphatic heterocycles. The van der Waals surface area contributed by atoms with Gasteiger partial charge in [0.05, 0.1) is 17.2 Å². The van der Waals surface area contributed by atoms with E-state index in [1.54, 1.807) is 18.2 Å². The molecule has 0 atom stereocenters. The van der Waals surface area contributed by atoms with E-state index in [1.807, 2.05) is 26.0 Å². The van der Waals surface area contributed by atoms with E-state index in [9.17, 15) is 17.2 Å². The Hall–Kier alpha value is -2.28. The van der Waals surface area contributed by atoms with Gasteiger partial charge in [0.15, 0.2) is 9.84 Å². The number of halogens is 2. The lowest BCUT2D eigenvalue weighted by Crippen LogP contribution is -2.39. The predicted octanol–water partition coefficient (Wildman–Crippen LogP) is 4.01. The number of rotatable bonds is 4. The van der Waals surface area contributed by atoms with Crippen LogP contribution in [0.2, 0.25) is 0 Å². The summed E-state index contributed by atoms with van der Waals surface area (Å²) in [5.74, 6) is -2.88. The summed E-state index contributed by atoms with van der Waals surface area (Å²) in [6, 6.07) is 9.00. The number of alkyl halides is 2. The molecule has 2 aromatic rings. The number of aliphatic imine (C=N–C) groups is 1. The van der Waals surface area contributed by atoms with Gasteiger partial charge in [-0.1, -0.05) is 18.2 Å². The van der Waals surface area contributed by atoms with Crippen molar-refractivity contribution in [1.82, 2.24) is 0 Å². The zero-order valence-corrected chi connectivity index (χ0v) is 16.6. The van der Waals surface area contributed by atoms with Crippen molar-refractivity contribution in [2.45, 2.75) is 44.1 Å². The summed E-state index contributed by atoms with van der Waals surface area (Å²) in [5, 5.41) is 0. The first-order chi connectivity index (χ1) is 13.1. The first kappa shape index (κ1) is 19.1. The molecule has 148 valence electrons. The van der Waals surface area contributed by atoms with Crippen molar-refractivity contribution in [2.24, 2.45) is 16.6 Å². The van der Waals surface area contributed by atoms with Crippen LogP contribution in [-0.2, 0) is 16.4 Å². The monoisotopic (exact) mass is 404 g/mol. The predicted molar refractivity (Wildman–Crippen MR) is 106 cm³/mol. The summed E-state index contributed by atoms with van der Waals surface area (Å²) < 4.78 is 51.3. The van der Waals surface area contributed by atoms with Crippen molar-refractivity contribution < 1.29 is 17.2 Å². The topological polar surface area (TPSA) is 72.5 Å². The van der Waals surface area contributed by atoms with E-state index in [2.05, 4.69) is 4.99 Å².